The molecule has 0 aromatic heterocycles. The molecule has 3 atom stereocenters. The van der Waals surface area contributed by atoms with Gasteiger partial charge in [0.1, 0.15) is 0 Å². The summed E-state index contributed by atoms with van der Waals surface area (Å²) in [4.78, 5) is 14.5. The molecule has 2 aliphatic rings. The van der Waals surface area contributed by atoms with Crippen LogP contribution in [0.15, 0.2) is 30.3 Å². The molecule has 1 aliphatic carbocycles. The van der Waals surface area contributed by atoms with Gasteiger partial charge in [-0.05, 0) is 49.7 Å². The lowest BCUT2D eigenvalue weighted by molar-refractivity contribution is 0.0295. The van der Waals surface area contributed by atoms with Crippen molar-refractivity contribution < 1.29 is 17.4 Å². The molecular formula is C17H23NO4S. The van der Waals surface area contributed by atoms with Gasteiger partial charge in [-0.1, -0.05) is 18.2 Å². The van der Waals surface area contributed by atoms with Crippen LogP contribution in [-0.2, 0) is 14.3 Å². The van der Waals surface area contributed by atoms with Crippen LogP contribution in [0.3, 0.4) is 0 Å². The molecule has 1 amide bonds. The number of nitrogens with zero attached hydrogens (tertiary/aromatic N) is 1. The van der Waals surface area contributed by atoms with Gasteiger partial charge in [0.05, 0.1) is 12.4 Å². The topological polar surface area (TPSA) is 63.7 Å². The Morgan fingerprint density at radius 3 is 2.57 bits per heavy atom. The van der Waals surface area contributed by atoms with Gasteiger partial charge in [0.15, 0.2) is 0 Å². The molecule has 1 aliphatic heterocycles. The van der Waals surface area contributed by atoms with E-state index < -0.39 is 10.1 Å². The largest absolute Gasteiger partial charge is 0.338 e. The van der Waals surface area contributed by atoms with Crippen LogP contribution in [0, 0.1) is 11.8 Å². The molecule has 3 rings (SSSR count). The molecule has 23 heavy (non-hydrogen) atoms. The first-order chi connectivity index (χ1) is 10.9. The maximum Gasteiger partial charge on any atom is 0.264 e. The van der Waals surface area contributed by atoms with E-state index in [4.69, 9.17) is 4.18 Å². The second-order valence-electron chi connectivity index (χ2n) is 6.66. The minimum Gasteiger partial charge on any atom is -0.338 e. The van der Waals surface area contributed by atoms with Crippen LogP contribution in [-0.4, -0.2) is 44.7 Å². The predicted molar refractivity (Wildman–Crippen MR) is 87.5 cm³/mol. The highest BCUT2D eigenvalue weighted by Gasteiger charge is 2.37. The third-order valence-corrected chi connectivity index (χ3v) is 5.56. The molecule has 1 aromatic carbocycles. The molecule has 0 N–H and O–H groups in total. The first-order valence-corrected chi connectivity index (χ1v) is 9.96. The number of carbonyl (C=O) groups is 1. The van der Waals surface area contributed by atoms with Crippen molar-refractivity contribution in [3.05, 3.63) is 35.9 Å². The van der Waals surface area contributed by atoms with Crippen molar-refractivity contribution in [2.24, 2.45) is 11.8 Å². The Hall–Kier alpha value is -1.40. The Morgan fingerprint density at radius 2 is 1.87 bits per heavy atom. The van der Waals surface area contributed by atoms with E-state index >= 15 is 0 Å². The molecule has 1 heterocycles. The third kappa shape index (κ3) is 4.12. The number of likely N-dealkylation sites (tertiary alicyclic amines) is 1. The molecule has 126 valence electrons. The lowest BCUT2D eigenvalue weighted by Crippen LogP contribution is -2.46. The Morgan fingerprint density at radius 1 is 1.13 bits per heavy atom. The van der Waals surface area contributed by atoms with Crippen molar-refractivity contribution in [1.82, 2.24) is 4.90 Å². The van der Waals surface area contributed by atoms with Gasteiger partial charge in [-0.15, -0.1) is 0 Å². The molecule has 3 unspecified atom stereocenters. The summed E-state index contributed by atoms with van der Waals surface area (Å²) in [6.07, 6.45) is 4.30. The summed E-state index contributed by atoms with van der Waals surface area (Å²) in [5.74, 6) is 1.00. The fourth-order valence-corrected chi connectivity index (χ4v) is 4.53. The Labute approximate surface area is 137 Å². The van der Waals surface area contributed by atoms with Gasteiger partial charge in [0, 0.05) is 18.7 Å². The number of piperidine rings is 1. The second kappa shape index (κ2) is 6.61. The SMILES string of the molecule is CS(=O)(=O)OC1CCC2CN(C(=O)c3ccccc3)CCC2C1. The van der Waals surface area contributed by atoms with Crippen molar-refractivity contribution in [1.29, 1.82) is 0 Å². The normalized spacial score (nSPS) is 28.2. The van der Waals surface area contributed by atoms with Gasteiger partial charge in [0.25, 0.3) is 16.0 Å². The average Bonchev–Trinajstić information content (AvgIpc) is 2.53. The Bertz CT molecular complexity index is 658. The van der Waals surface area contributed by atoms with Gasteiger partial charge in [-0.25, -0.2) is 0 Å². The molecule has 0 bridgehead atoms. The van der Waals surface area contributed by atoms with Crippen LogP contribution in [0.25, 0.3) is 0 Å². The zero-order chi connectivity index (χ0) is 16.4. The third-order valence-electron chi connectivity index (χ3n) is 4.94. The van der Waals surface area contributed by atoms with E-state index in [2.05, 4.69) is 0 Å². The van der Waals surface area contributed by atoms with Crippen LogP contribution in [0.5, 0.6) is 0 Å². The van der Waals surface area contributed by atoms with E-state index in [0.29, 0.717) is 11.8 Å². The highest BCUT2D eigenvalue weighted by molar-refractivity contribution is 7.86. The van der Waals surface area contributed by atoms with Crippen LogP contribution < -0.4 is 0 Å². The van der Waals surface area contributed by atoms with Crippen molar-refractivity contribution in [2.45, 2.75) is 31.8 Å². The van der Waals surface area contributed by atoms with Crippen molar-refractivity contribution in [2.75, 3.05) is 19.3 Å². The van der Waals surface area contributed by atoms with Gasteiger partial charge in [-0.2, -0.15) is 8.42 Å². The standard InChI is InChI=1S/C17H23NO4S/c1-23(20,21)22-16-8-7-15-12-18(10-9-14(15)11-16)17(19)13-5-3-2-4-6-13/h2-6,14-16H,7-12H2,1H3. The second-order valence-corrected chi connectivity index (χ2v) is 8.26. The van der Waals surface area contributed by atoms with E-state index in [1.807, 2.05) is 35.2 Å². The molecule has 6 heteroatoms. The number of carbonyl (C=O) groups excluding carboxylic acids is 1. The molecule has 1 aromatic rings. The summed E-state index contributed by atoms with van der Waals surface area (Å²) in [7, 11) is -3.39. The first kappa shape index (κ1) is 16.5. The van der Waals surface area contributed by atoms with Crippen LogP contribution in [0.4, 0.5) is 0 Å². The summed E-state index contributed by atoms with van der Waals surface area (Å²) in [6, 6.07) is 9.38. The minimum absolute atomic E-state index is 0.0959. The number of fused-ring (bicyclic) bond motifs is 1. The number of amides is 1. The summed E-state index contributed by atoms with van der Waals surface area (Å²) >= 11 is 0. The van der Waals surface area contributed by atoms with E-state index in [0.717, 1.165) is 50.6 Å². The maximum atomic E-state index is 12.5. The molecular weight excluding hydrogens is 314 g/mol. The minimum atomic E-state index is -3.39. The average molecular weight is 337 g/mol. The fourth-order valence-electron chi connectivity index (χ4n) is 3.86. The zero-order valence-electron chi connectivity index (χ0n) is 13.3. The molecule has 2 fully saturated rings. The van der Waals surface area contributed by atoms with Crippen molar-refractivity contribution in [3.8, 4) is 0 Å². The number of rotatable bonds is 3. The molecule has 0 spiro atoms. The van der Waals surface area contributed by atoms with Gasteiger partial charge < -0.3 is 4.90 Å². The molecule has 1 saturated heterocycles. The van der Waals surface area contributed by atoms with Gasteiger partial charge in [-0.3, -0.25) is 8.98 Å². The molecule has 1 saturated carbocycles. The van der Waals surface area contributed by atoms with Crippen LogP contribution in [0.1, 0.15) is 36.0 Å². The highest BCUT2D eigenvalue weighted by atomic mass is 32.2. The van der Waals surface area contributed by atoms with Crippen LogP contribution >= 0.6 is 0 Å². The van der Waals surface area contributed by atoms with E-state index in [1.165, 1.54) is 0 Å². The first-order valence-electron chi connectivity index (χ1n) is 8.15. The lowest BCUT2D eigenvalue weighted by Gasteiger charge is -2.43. The van der Waals surface area contributed by atoms with Gasteiger partial charge >= 0.3 is 0 Å². The number of hydrogen-bond acceptors (Lipinski definition) is 4. The monoisotopic (exact) mass is 337 g/mol. The fraction of sp³-hybridized carbons (Fsp3) is 0.588. The van der Waals surface area contributed by atoms with Crippen molar-refractivity contribution in [3.63, 3.8) is 0 Å². The molecule has 0 radical (unpaired) electrons. The number of hydrogen-bond donors (Lipinski definition) is 0. The summed E-state index contributed by atoms with van der Waals surface area (Å²) < 4.78 is 27.7. The predicted octanol–water partition coefficient (Wildman–Crippen LogP) is 2.29. The zero-order valence-corrected chi connectivity index (χ0v) is 14.2. The summed E-state index contributed by atoms with van der Waals surface area (Å²) in [6.45, 7) is 1.50. The lowest BCUT2D eigenvalue weighted by atomic mass is 9.74. The summed E-state index contributed by atoms with van der Waals surface area (Å²) in [5.41, 5.74) is 0.736. The number of benzene rings is 1. The van der Waals surface area contributed by atoms with E-state index in [1.54, 1.807) is 0 Å². The Balaban J connectivity index is 1.60. The quantitative estimate of drug-likeness (QED) is 0.794. The van der Waals surface area contributed by atoms with E-state index in [9.17, 15) is 13.2 Å². The Kier molecular flexibility index (Phi) is 4.73. The molecule has 5 nitrogen and oxygen atoms in total. The maximum absolute atomic E-state index is 12.5. The smallest absolute Gasteiger partial charge is 0.264 e. The van der Waals surface area contributed by atoms with Crippen LogP contribution in [0.2, 0.25) is 0 Å². The summed E-state index contributed by atoms with van der Waals surface area (Å²) in [5, 5.41) is 0. The highest BCUT2D eigenvalue weighted by Crippen LogP contribution is 2.38. The van der Waals surface area contributed by atoms with Crippen molar-refractivity contribution >= 4 is 16.0 Å². The van der Waals surface area contributed by atoms with Gasteiger partial charge in [0.2, 0.25) is 0 Å². The van der Waals surface area contributed by atoms with E-state index in [-0.39, 0.29) is 12.0 Å².